The zero-order valence-electron chi connectivity index (χ0n) is 17.0. The maximum atomic E-state index is 13.8. The van der Waals surface area contributed by atoms with Crippen molar-refractivity contribution in [2.45, 2.75) is 37.8 Å². The average Bonchev–Trinajstić information content (AvgIpc) is 3.29. The lowest BCUT2D eigenvalue weighted by molar-refractivity contribution is 0.0928. The van der Waals surface area contributed by atoms with Crippen LogP contribution >= 0.6 is 35.3 Å². The van der Waals surface area contributed by atoms with Crippen molar-refractivity contribution < 1.29 is 13.6 Å². The van der Waals surface area contributed by atoms with Gasteiger partial charge in [0.25, 0.3) is 5.91 Å². The highest BCUT2D eigenvalue weighted by molar-refractivity contribution is 7.14. The van der Waals surface area contributed by atoms with Crippen molar-refractivity contribution in [2.75, 3.05) is 13.1 Å². The SMILES string of the molecule is Cl.O=C(N[C@@H]1CNCC[C@H]1c1ccc(F)c(F)c1)c1cc2c(s1)CCCn1ncc(Cl)c1-2. The Hall–Kier alpha value is -2.00. The summed E-state index contributed by atoms with van der Waals surface area (Å²) in [6, 6.07) is 5.66. The molecule has 2 aliphatic heterocycles. The Labute approximate surface area is 199 Å². The van der Waals surface area contributed by atoms with Crippen LogP contribution in [0, 0.1) is 11.6 Å². The molecule has 0 bridgehead atoms. The molecule has 4 heterocycles. The Morgan fingerprint density at radius 1 is 1.28 bits per heavy atom. The lowest BCUT2D eigenvalue weighted by Gasteiger charge is -2.33. The van der Waals surface area contributed by atoms with Gasteiger partial charge in [-0.1, -0.05) is 17.7 Å². The van der Waals surface area contributed by atoms with E-state index in [1.54, 1.807) is 12.3 Å². The molecule has 3 aromatic rings. The molecule has 5 nitrogen and oxygen atoms in total. The lowest BCUT2D eigenvalue weighted by atomic mass is 9.86. The Morgan fingerprint density at radius 2 is 2.12 bits per heavy atom. The van der Waals surface area contributed by atoms with E-state index in [2.05, 4.69) is 15.7 Å². The summed E-state index contributed by atoms with van der Waals surface area (Å²) in [6.45, 7) is 2.12. The normalized spacial score (nSPS) is 20.0. The molecule has 5 rings (SSSR count). The van der Waals surface area contributed by atoms with Gasteiger partial charge < -0.3 is 10.6 Å². The van der Waals surface area contributed by atoms with E-state index in [0.717, 1.165) is 54.6 Å². The van der Waals surface area contributed by atoms with Crippen LogP contribution in [0.2, 0.25) is 5.02 Å². The summed E-state index contributed by atoms with van der Waals surface area (Å²) in [5, 5.41) is 11.3. The fourth-order valence-corrected chi connectivity index (χ4v) is 5.86. The number of carbonyl (C=O) groups excluding carboxylic acids is 1. The van der Waals surface area contributed by atoms with Gasteiger partial charge in [-0.05, 0) is 49.6 Å². The van der Waals surface area contributed by atoms with Gasteiger partial charge in [0.2, 0.25) is 0 Å². The first-order chi connectivity index (χ1) is 15.0. The van der Waals surface area contributed by atoms with Crippen molar-refractivity contribution in [1.29, 1.82) is 0 Å². The van der Waals surface area contributed by atoms with E-state index in [0.29, 0.717) is 22.0 Å². The molecule has 170 valence electrons. The monoisotopic (exact) mass is 498 g/mol. The molecule has 0 aliphatic carbocycles. The molecular formula is C22H22Cl2F2N4OS. The highest BCUT2D eigenvalue weighted by Crippen LogP contribution is 2.39. The Bertz CT molecular complexity index is 1150. The van der Waals surface area contributed by atoms with Crippen molar-refractivity contribution in [3.05, 3.63) is 62.4 Å². The number of thiophene rings is 1. The van der Waals surface area contributed by atoms with Crippen LogP contribution in [-0.4, -0.2) is 34.8 Å². The molecule has 2 atom stereocenters. The second-order valence-electron chi connectivity index (χ2n) is 7.97. The average molecular weight is 499 g/mol. The molecule has 10 heteroatoms. The highest BCUT2D eigenvalue weighted by atomic mass is 35.5. The largest absolute Gasteiger partial charge is 0.347 e. The van der Waals surface area contributed by atoms with Crippen molar-refractivity contribution in [3.63, 3.8) is 0 Å². The molecule has 2 aromatic heterocycles. The summed E-state index contributed by atoms with van der Waals surface area (Å²) in [5.41, 5.74) is 2.53. The molecule has 0 spiro atoms. The highest BCUT2D eigenvalue weighted by Gasteiger charge is 2.30. The number of benzene rings is 1. The number of hydrogen-bond donors (Lipinski definition) is 2. The number of hydrogen-bond acceptors (Lipinski definition) is 4. The van der Waals surface area contributed by atoms with Gasteiger partial charge in [-0.2, -0.15) is 5.10 Å². The third-order valence-corrected chi connectivity index (χ3v) is 7.50. The maximum Gasteiger partial charge on any atom is 0.261 e. The number of aryl methyl sites for hydroxylation is 2. The van der Waals surface area contributed by atoms with E-state index in [1.165, 1.54) is 17.4 Å². The zero-order valence-corrected chi connectivity index (χ0v) is 19.4. The molecule has 1 saturated heterocycles. The van der Waals surface area contributed by atoms with Crippen molar-refractivity contribution in [1.82, 2.24) is 20.4 Å². The molecule has 1 amide bonds. The molecule has 1 aromatic carbocycles. The van der Waals surface area contributed by atoms with Gasteiger partial charge in [0.05, 0.1) is 21.8 Å². The molecule has 0 radical (unpaired) electrons. The van der Waals surface area contributed by atoms with Crippen molar-refractivity contribution in [3.8, 4) is 11.3 Å². The fourth-order valence-electron chi connectivity index (χ4n) is 4.51. The van der Waals surface area contributed by atoms with E-state index < -0.39 is 11.6 Å². The van der Waals surface area contributed by atoms with Gasteiger partial charge in [-0.15, -0.1) is 23.7 Å². The summed E-state index contributed by atoms with van der Waals surface area (Å²) in [7, 11) is 0. The van der Waals surface area contributed by atoms with Crippen LogP contribution in [0.15, 0.2) is 30.5 Å². The molecule has 32 heavy (non-hydrogen) atoms. The van der Waals surface area contributed by atoms with Crippen LogP contribution in [0.1, 0.15) is 38.9 Å². The molecule has 1 fully saturated rings. The number of fused-ring (bicyclic) bond motifs is 3. The van der Waals surface area contributed by atoms with E-state index in [9.17, 15) is 13.6 Å². The third kappa shape index (κ3) is 4.29. The smallest absolute Gasteiger partial charge is 0.261 e. The number of rotatable bonds is 3. The van der Waals surface area contributed by atoms with Gasteiger partial charge in [-0.3, -0.25) is 9.48 Å². The minimum Gasteiger partial charge on any atom is -0.347 e. The summed E-state index contributed by atoms with van der Waals surface area (Å²) in [4.78, 5) is 14.9. The van der Waals surface area contributed by atoms with Crippen LogP contribution in [0.4, 0.5) is 8.78 Å². The third-order valence-electron chi connectivity index (χ3n) is 6.03. The van der Waals surface area contributed by atoms with Gasteiger partial charge in [0.1, 0.15) is 0 Å². The van der Waals surface area contributed by atoms with Gasteiger partial charge in [-0.25, -0.2) is 8.78 Å². The van der Waals surface area contributed by atoms with Crippen LogP contribution < -0.4 is 10.6 Å². The Morgan fingerprint density at radius 3 is 2.94 bits per heavy atom. The van der Waals surface area contributed by atoms with E-state index in [4.69, 9.17) is 11.6 Å². The number of piperidine rings is 1. The molecule has 2 N–H and O–H groups in total. The number of nitrogens with zero attached hydrogens (tertiary/aromatic N) is 2. The molecular weight excluding hydrogens is 477 g/mol. The second-order valence-corrected chi connectivity index (χ2v) is 9.51. The maximum absolute atomic E-state index is 13.8. The Kier molecular flexibility index (Phi) is 6.86. The standard InChI is InChI=1S/C22H21ClF2N4OS.ClH/c23-15-10-27-29-7-1-2-19-14(21(15)29)9-20(31-19)22(30)28-18-11-26-6-5-13(18)12-3-4-16(24)17(25)8-12;/h3-4,8-10,13,18,26H,1-2,5-7,11H2,(H,28,30);1H/t13-,18+;/m0./s1. The molecule has 0 saturated carbocycles. The zero-order chi connectivity index (χ0) is 21.5. The number of nitrogens with one attached hydrogen (secondary N) is 2. The Balaban J connectivity index is 0.00000245. The second kappa shape index (κ2) is 9.47. The minimum atomic E-state index is -0.865. The quantitative estimate of drug-likeness (QED) is 0.545. The number of halogens is 4. The summed E-state index contributed by atoms with van der Waals surface area (Å²) < 4.78 is 29.1. The van der Waals surface area contributed by atoms with Crippen molar-refractivity contribution in [2.24, 2.45) is 0 Å². The van der Waals surface area contributed by atoms with Crippen LogP contribution in [0.25, 0.3) is 11.3 Å². The van der Waals surface area contributed by atoms with E-state index >= 15 is 0 Å². The minimum absolute atomic E-state index is 0. The first-order valence-electron chi connectivity index (χ1n) is 10.3. The van der Waals surface area contributed by atoms with Crippen LogP contribution in [0.5, 0.6) is 0 Å². The van der Waals surface area contributed by atoms with E-state index in [1.807, 2.05) is 10.7 Å². The summed E-state index contributed by atoms with van der Waals surface area (Å²) >= 11 is 7.85. The predicted molar refractivity (Wildman–Crippen MR) is 124 cm³/mol. The van der Waals surface area contributed by atoms with Gasteiger partial charge in [0.15, 0.2) is 11.6 Å². The number of aromatic nitrogens is 2. The van der Waals surface area contributed by atoms with Crippen LogP contribution in [-0.2, 0) is 13.0 Å². The first-order valence-corrected chi connectivity index (χ1v) is 11.5. The summed E-state index contributed by atoms with van der Waals surface area (Å²) in [6.07, 6.45) is 4.18. The molecule has 0 unspecified atom stereocenters. The number of carbonyl (C=O) groups is 1. The topological polar surface area (TPSA) is 59.0 Å². The van der Waals surface area contributed by atoms with Crippen molar-refractivity contribution >= 4 is 41.3 Å². The van der Waals surface area contributed by atoms with Gasteiger partial charge in [0, 0.05) is 35.5 Å². The first kappa shape index (κ1) is 23.2. The van der Waals surface area contributed by atoms with E-state index in [-0.39, 0.29) is 30.3 Å². The fraction of sp³-hybridized carbons (Fsp3) is 0.364. The lowest BCUT2D eigenvalue weighted by Crippen LogP contribution is -2.49. The van der Waals surface area contributed by atoms with Crippen LogP contribution in [0.3, 0.4) is 0 Å². The molecule has 2 aliphatic rings. The number of amides is 1. The summed E-state index contributed by atoms with van der Waals surface area (Å²) in [5.74, 6) is -1.98. The van der Waals surface area contributed by atoms with Gasteiger partial charge >= 0.3 is 0 Å². The predicted octanol–water partition coefficient (Wildman–Crippen LogP) is 4.79.